The summed E-state index contributed by atoms with van der Waals surface area (Å²) in [5, 5.41) is 25.4. The Balaban J connectivity index is 1.55. The molecule has 0 radical (unpaired) electrons. The summed E-state index contributed by atoms with van der Waals surface area (Å²) in [7, 11) is 1.23. The van der Waals surface area contributed by atoms with Crippen molar-refractivity contribution in [2.45, 2.75) is 135 Å². The Morgan fingerprint density at radius 2 is 1.31 bits per heavy atom. The van der Waals surface area contributed by atoms with Crippen LogP contribution in [0.5, 0.6) is 0 Å². The number of nitrogens with one attached hydrogen (secondary N) is 7. The van der Waals surface area contributed by atoms with E-state index in [2.05, 4.69) is 46.5 Å². The van der Waals surface area contributed by atoms with Gasteiger partial charge in [-0.1, -0.05) is 71.9 Å². The molecule has 1 saturated heterocycles. The third-order valence-electron chi connectivity index (χ3n) is 10.9. The van der Waals surface area contributed by atoms with E-state index in [1.165, 1.54) is 30.9 Å². The molecule has 3 aromatic rings. The average Bonchev–Trinajstić information content (AvgIpc) is 4.06. The Kier molecular flexibility index (Phi) is 19.5. The molecule has 0 spiro atoms. The number of H-pyrrole nitrogens is 2. The standard InChI is InChI=1S/C45H66N10O9/c1-26(2)16-32(38(56)21-39(57)50-36(17-27(3)4)45(63)64-7)51-42(60)34(19-30-22-46-24-48-30)52-41(59)33(18-29-12-9-8-10-13-29)53-43(61)37-14-11-15-55(37)44(62)35(54-40(58)28(5)6)20-31-23-47-25-49-31/h8-10,12-13,22-28,32-38,56H,11,14-21H2,1-7H3,(H,46,48)(H,47,49)(H,50,57)(H,51,60)(H,52,59)(H,53,61)(H,54,58)/t32?,33-,34-,35-,36-,37-,38-/m0/s1. The Bertz CT molecular complexity index is 1970. The number of imidazole rings is 2. The molecule has 19 nitrogen and oxygen atoms in total. The van der Waals surface area contributed by atoms with Gasteiger partial charge in [-0.3, -0.25) is 28.8 Å². The van der Waals surface area contributed by atoms with Crippen LogP contribution in [0.3, 0.4) is 0 Å². The molecule has 19 heteroatoms. The number of amides is 6. The van der Waals surface area contributed by atoms with Crippen LogP contribution in [0.1, 0.15) is 90.6 Å². The van der Waals surface area contributed by atoms with Crippen molar-refractivity contribution in [1.82, 2.24) is 51.4 Å². The average molecular weight is 891 g/mol. The molecule has 1 unspecified atom stereocenters. The van der Waals surface area contributed by atoms with Gasteiger partial charge in [0.25, 0.3) is 0 Å². The molecule has 0 saturated carbocycles. The second-order valence-corrected chi connectivity index (χ2v) is 17.6. The molecule has 64 heavy (non-hydrogen) atoms. The molecule has 3 heterocycles. The van der Waals surface area contributed by atoms with E-state index in [1.807, 2.05) is 33.8 Å². The Morgan fingerprint density at radius 3 is 1.88 bits per heavy atom. The van der Waals surface area contributed by atoms with E-state index in [9.17, 15) is 38.7 Å². The second-order valence-electron chi connectivity index (χ2n) is 17.6. The largest absolute Gasteiger partial charge is 0.467 e. The second kappa shape index (κ2) is 24.7. The zero-order valence-corrected chi connectivity index (χ0v) is 37.9. The van der Waals surface area contributed by atoms with E-state index < -0.39 is 90.2 Å². The number of aliphatic hydroxyl groups is 1. The van der Waals surface area contributed by atoms with Crippen LogP contribution in [-0.2, 0) is 57.6 Å². The summed E-state index contributed by atoms with van der Waals surface area (Å²) in [6.45, 7) is 11.3. The number of carbonyl (C=O) groups excluding carboxylic acids is 7. The van der Waals surface area contributed by atoms with Crippen molar-refractivity contribution < 1.29 is 43.4 Å². The maximum absolute atomic E-state index is 14.4. The van der Waals surface area contributed by atoms with Crippen LogP contribution in [-0.4, -0.2) is 127 Å². The highest BCUT2D eigenvalue weighted by Gasteiger charge is 2.40. The van der Waals surface area contributed by atoms with Gasteiger partial charge in [0.15, 0.2) is 0 Å². The van der Waals surface area contributed by atoms with Gasteiger partial charge in [-0.15, -0.1) is 0 Å². The monoisotopic (exact) mass is 891 g/mol. The van der Waals surface area contributed by atoms with Crippen molar-refractivity contribution in [1.29, 1.82) is 0 Å². The number of aromatic nitrogens is 4. The van der Waals surface area contributed by atoms with E-state index >= 15 is 0 Å². The summed E-state index contributed by atoms with van der Waals surface area (Å²) in [5.41, 5.74) is 1.85. The Hall–Kier alpha value is -6.11. The summed E-state index contributed by atoms with van der Waals surface area (Å²) < 4.78 is 4.86. The SMILES string of the molecule is COC(=O)[C@H](CC(C)C)NC(=O)C[C@H](O)C(CC(C)C)NC(=O)[C@H](Cc1cnc[nH]1)NC(=O)[C@H](Cc1ccccc1)NC(=O)[C@@H]1CCCN1C(=O)[C@H](Cc1cnc[nH]1)NC(=O)C(C)C. The summed E-state index contributed by atoms with van der Waals surface area (Å²) in [4.78, 5) is 111. The fourth-order valence-electron chi connectivity index (χ4n) is 7.60. The van der Waals surface area contributed by atoms with Crippen molar-refractivity contribution in [3.05, 3.63) is 72.3 Å². The first-order chi connectivity index (χ1) is 30.4. The number of carbonyl (C=O) groups is 7. The van der Waals surface area contributed by atoms with Gasteiger partial charge in [-0.05, 0) is 43.1 Å². The third-order valence-corrected chi connectivity index (χ3v) is 10.9. The summed E-state index contributed by atoms with van der Waals surface area (Å²) in [6.07, 6.45) is 5.70. The maximum atomic E-state index is 14.4. The molecular weight excluding hydrogens is 825 g/mol. The lowest BCUT2D eigenvalue weighted by molar-refractivity contribution is -0.145. The zero-order chi connectivity index (χ0) is 46.9. The van der Waals surface area contributed by atoms with Gasteiger partial charge < -0.3 is 51.3 Å². The fourth-order valence-corrected chi connectivity index (χ4v) is 7.60. The molecule has 8 N–H and O–H groups in total. The molecule has 1 aliphatic heterocycles. The van der Waals surface area contributed by atoms with Crippen LogP contribution in [0, 0.1) is 17.8 Å². The van der Waals surface area contributed by atoms with Crippen LogP contribution in [0.2, 0.25) is 0 Å². The molecule has 1 fully saturated rings. The highest BCUT2D eigenvalue weighted by atomic mass is 16.5. The van der Waals surface area contributed by atoms with Gasteiger partial charge >= 0.3 is 5.97 Å². The molecule has 0 aliphatic carbocycles. The first kappa shape index (κ1) is 50.5. The summed E-state index contributed by atoms with van der Waals surface area (Å²) in [5.74, 6) is -4.29. The van der Waals surface area contributed by atoms with Crippen molar-refractivity contribution in [3.63, 3.8) is 0 Å². The Morgan fingerprint density at radius 1 is 0.734 bits per heavy atom. The maximum Gasteiger partial charge on any atom is 0.328 e. The van der Waals surface area contributed by atoms with Gasteiger partial charge in [0.05, 0.1) is 38.3 Å². The molecule has 2 aromatic heterocycles. The van der Waals surface area contributed by atoms with Crippen LogP contribution in [0.4, 0.5) is 0 Å². The molecular formula is C45H66N10O9. The first-order valence-electron chi connectivity index (χ1n) is 22.0. The van der Waals surface area contributed by atoms with Gasteiger partial charge in [-0.2, -0.15) is 0 Å². The number of ether oxygens (including phenoxy) is 1. The first-order valence-corrected chi connectivity index (χ1v) is 22.0. The van der Waals surface area contributed by atoms with Crippen molar-refractivity contribution >= 4 is 41.4 Å². The molecule has 350 valence electrons. The molecule has 0 bridgehead atoms. The minimum absolute atomic E-state index is 0.0350. The van der Waals surface area contributed by atoms with E-state index in [-0.39, 0.29) is 50.0 Å². The van der Waals surface area contributed by atoms with E-state index in [0.717, 1.165) is 0 Å². The topological polar surface area (TPSA) is 270 Å². The highest BCUT2D eigenvalue weighted by Crippen LogP contribution is 2.21. The van der Waals surface area contributed by atoms with Crippen LogP contribution < -0.4 is 26.6 Å². The van der Waals surface area contributed by atoms with E-state index in [1.54, 1.807) is 44.3 Å². The number of nitrogens with zero attached hydrogens (tertiary/aromatic N) is 3. The Labute approximate surface area is 374 Å². The minimum atomic E-state index is -1.37. The highest BCUT2D eigenvalue weighted by molar-refractivity contribution is 5.96. The number of benzene rings is 1. The lowest BCUT2D eigenvalue weighted by Gasteiger charge is -2.31. The fraction of sp³-hybridized carbons (Fsp3) is 0.578. The van der Waals surface area contributed by atoms with Crippen LogP contribution in [0.25, 0.3) is 0 Å². The van der Waals surface area contributed by atoms with Gasteiger partial charge in [-0.25, -0.2) is 14.8 Å². The van der Waals surface area contributed by atoms with Gasteiger partial charge in [0, 0.05) is 55.5 Å². The summed E-state index contributed by atoms with van der Waals surface area (Å²) in [6, 6.07) is 2.77. The summed E-state index contributed by atoms with van der Waals surface area (Å²) >= 11 is 0. The number of hydrogen-bond acceptors (Lipinski definition) is 11. The minimum Gasteiger partial charge on any atom is -0.467 e. The lowest BCUT2D eigenvalue weighted by Crippen LogP contribution is -2.59. The zero-order valence-electron chi connectivity index (χ0n) is 37.9. The number of rotatable bonds is 24. The van der Waals surface area contributed by atoms with Crippen molar-refractivity contribution in [2.24, 2.45) is 17.8 Å². The smallest absolute Gasteiger partial charge is 0.328 e. The van der Waals surface area contributed by atoms with E-state index in [0.29, 0.717) is 36.2 Å². The lowest BCUT2D eigenvalue weighted by atomic mass is 9.96. The normalized spacial score (nSPS) is 16.6. The number of aliphatic hydroxyl groups excluding tert-OH is 1. The van der Waals surface area contributed by atoms with Crippen molar-refractivity contribution in [3.8, 4) is 0 Å². The van der Waals surface area contributed by atoms with Gasteiger partial charge in [0.2, 0.25) is 35.4 Å². The van der Waals surface area contributed by atoms with Crippen molar-refractivity contribution in [2.75, 3.05) is 13.7 Å². The number of hydrogen-bond donors (Lipinski definition) is 8. The number of likely N-dealkylation sites (tertiary alicyclic amines) is 1. The quantitative estimate of drug-likeness (QED) is 0.0593. The molecule has 1 aliphatic rings. The predicted octanol–water partition coefficient (Wildman–Crippen LogP) is 1.25. The molecule has 6 amide bonds. The number of methoxy groups -OCH3 is 1. The van der Waals surface area contributed by atoms with Crippen LogP contribution >= 0.6 is 0 Å². The van der Waals surface area contributed by atoms with Crippen LogP contribution in [0.15, 0.2) is 55.4 Å². The molecule has 1 aromatic carbocycles. The van der Waals surface area contributed by atoms with E-state index in [4.69, 9.17) is 4.74 Å². The molecule has 4 rings (SSSR count). The number of esters is 1. The third kappa shape index (κ3) is 15.6. The van der Waals surface area contributed by atoms with Gasteiger partial charge in [0.1, 0.15) is 30.2 Å². The number of aromatic amines is 2. The predicted molar refractivity (Wildman–Crippen MR) is 236 cm³/mol. The molecule has 7 atom stereocenters.